The first kappa shape index (κ1) is 14.3. The maximum atomic E-state index is 6.29. The van der Waals surface area contributed by atoms with Crippen LogP contribution in [0.2, 0.25) is 5.02 Å². The molecule has 0 amide bonds. The van der Waals surface area contributed by atoms with E-state index in [0.717, 1.165) is 37.5 Å². The summed E-state index contributed by atoms with van der Waals surface area (Å²) in [4.78, 5) is 2.27. The maximum absolute atomic E-state index is 6.29. The predicted molar refractivity (Wildman–Crippen MR) is 77.0 cm³/mol. The highest BCUT2D eigenvalue weighted by Gasteiger charge is 2.09. The average molecular weight is 255 g/mol. The standard InChI is InChI=1S/C14H23ClN2/c1-4-9-16-11-12-13(15)7-6-8-14(12)17(3)10-5-2/h6-8,16H,4-5,9-11H2,1-3H3. The van der Waals surface area contributed by atoms with Gasteiger partial charge in [0.05, 0.1) is 0 Å². The highest BCUT2D eigenvalue weighted by atomic mass is 35.5. The highest BCUT2D eigenvalue weighted by molar-refractivity contribution is 6.31. The quantitative estimate of drug-likeness (QED) is 0.747. The van der Waals surface area contributed by atoms with Gasteiger partial charge in [-0.15, -0.1) is 0 Å². The zero-order valence-corrected chi connectivity index (χ0v) is 11.8. The number of benzene rings is 1. The molecule has 1 N–H and O–H groups in total. The van der Waals surface area contributed by atoms with Crippen molar-refractivity contribution in [1.82, 2.24) is 5.32 Å². The lowest BCUT2D eigenvalue weighted by Gasteiger charge is -2.23. The lowest BCUT2D eigenvalue weighted by molar-refractivity contribution is 0.673. The van der Waals surface area contributed by atoms with E-state index in [2.05, 4.69) is 37.2 Å². The molecule has 0 atom stereocenters. The average Bonchev–Trinajstić information content (AvgIpc) is 2.31. The summed E-state index contributed by atoms with van der Waals surface area (Å²) in [5.41, 5.74) is 2.45. The van der Waals surface area contributed by atoms with E-state index in [9.17, 15) is 0 Å². The Kier molecular flexibility index (Phi) is 6.38. The first-order chi connectivity index (χ1) is 8.20. The van der Waals surface area contributed by atoms with Crippen molar-refractivity contribution in [2.75, 3.05) is 25.0 Å². The summed E-state index contributed by atoms with van der Waals surface area (Å²) < 4.78 is 0. The van der Waals surface area contributed by atoms with E-state index >= 15 is 0 Å². The van der Waals surface area contributed by atoms with Crippen molar-refractivity contribution in [2.24, 2.45) is 0 Å². The van der Waals surface area contributed by atoms with Gasteiger partial charge < -0.3 is 10.2 Å². The Morgan fingerprint density at radius 3 is 2.65 bits per heavy atom. The van der Waals surface area contributed by atoms with E-state index in [1.807, 2.05) is 12.1 Å². The van der Waals surface area contributed by atoms with Crippen LogP contribution in [-0.2, 0) is 6.54 Å². The van der Waals surface area contributed by atoms with E-state index in [0.29, 0.717) is 0 Å². The third-order valence-corrected chi connectivity index (χ3v) is 3.15. The summed E-state index contributed by atoms with van der Waals surface area (Å²) in [7, 11) is 2.12. The van der Waals surface area contributed by atoms with Gasteiger partial charge in [-0.1, -0.05) is 31.5 Å². The summed E-state index contributed by atoms with van der Waals surface area (Å²) >= 11 is 6.29. The molecule has 0 bridgehead atoms. The molecule has 0 aliphatic rings. The first-order valence-electron chi connectivity index (χ1n) is 6.39. The molecule has 0 saturated carbocycles. The van der Waals surface area contributed by atoms with Crippen molar-refractivity contribution < 1.29 is 0 Å². The molecule has 0 heterocycles. The molecular weight excluding hydrogens is 232 g/mol. The Morgan fingerprint density at radius 1 is 1.24 bits per heavy atom. The second-order valence-electron chi connectivity index (χ2n) is 4.34. The van der Waals surface area contributed by atoms with E-state index < -0.39 is 0 Å². The molecule has 0 spiro atoms. The molecule has 96 valence electrons. The minimum absolute atomic E-state index is 0.844. The predicted octanol–water partition coefficient (Wildman–Crippen LogP) is 3.69. The number of nitrogens with zero attached hydrogens (tertiary/aromatic N) is 1. The second-order valence-corrected chi connectivity index (χ2v) is 4.74. The van der Waals surface area contributed by atoms with Gasteiger partial charge in [-0.25, -0.2) is 0 Å². The zero-order chi connectivity index (χ0) is 12.7. The van der Waals surface area contributed by atoms with Gasteiger partial charge in [-0.2, -0.15) is 0 Å². The molecule has 0 aliphatic carbocycles. The summed E-state index contributed by atoms with van der Waals surface area (Å²) in [6.45, 7) is 7.29. The normalized spacial score (nSPS) is 10.6. The molecule has 1 aromatic carbocycles. The van der Waals surface area contributed by atoms with Gasteiger partial charge in [0.15, 0.2) is 0 Å². The molecule has 2 nitrogen and oxygen atoms in total. The van der Waals surface area contributed by atoms with Crippen LogP contribution in [0, 0.1) is 0 Å². The summed E-state index contributed by atoms with van der Waals surface area (Å²) in [5, 5.41) is 4.27. The van der Waals surface area contributed by atoms with Gasteiger partial charge in [0.25, 0.3) is 0 Å². The van der Waals surface area contributed by atoms with Crippen molar-refractivity contribution in [3.8, 4) is 0 Å². The SMILES string of the molecule is CCCNCc1c(Cl)cccc1N(C)CCC. The van der Waals surface area contributed by atoms with Crippen molar-refractivity contribution in [3.63, 3.8) is 0 Å². The van der Waals surface area contributed by atoms with Gasteiger partial charge in [-0.05, 0) is 31.5 Å². The summed E-state index contributed by atoms with van der Waals surface area (Å²) in [5.74, 6) is 0. The first-order valence-corrected chi connectivity index (χ1v) is 6.77. The molecule has 17 heavy (non-hydrogen) atoms. The topological polar surface area (TPSA) is 15.3 Å². The van der Waals surface area contributed by atoms with Crippen LogP contribution in [0.3, 0.4) is 0 Å². The van der Waals surface area contributed by atoms with E-state index in [1.165, 1.54) is 11.3 Å². The number of anilines is 1. The van der Waals surface area contributed by atoms with Crippen LogP contribution in [-0.4, -0.2) is 20.1 Å². The number of hydrogen-bond donors (Lipinski definition) is 1. The van der Waals surface area contributed by atoms with Gasteiger partial charge in [-0.3, -0.25) is 0 Å². The molecule has 0 unspecified atom stereocenters. The largest absolute Gasteiger partial charge is 0.374 e. The Hall–Kier alpha value is -0.730. The lowest BCUT2D eigenvalue weighted by Crippen LogP contribution is -2.22. The van der Waals surface area contributed by atoms with Crippen molar-refractivity contribution in [2.45, 2.75) is 33.2 Å². The van der Waals surface area contributed by atoms with Crippen LogP contribution in [0.15, 0.2) is 18.2 Å². The second kappa shape index (κ2) is 7.57. The number of rotatable bonds is 7. The molecule has 1 rings (SSSR count). The maximum Gasteiger partial charge on any atom is 0.0471 e. The Labute approximate surface area is 110 Å². The minimum atomic E-state index is 0.844. The van der Waals surface area contributed by atoms with Crippen LogP contribution < -0.4 is 10.2 Å². The van der Waals surface area contributed by atoms with Crippen LogP contribution in [0.4, 0.5) is 5.69 Å². The van der Waals surface area contributed by atoms with Crippen molar-refractivity contribution >= 4 is 17.3 Å². The molecule has 0 aromatic heterocycles. The van der Waals surface area contributed by atoms with Crippen molar-refractivity contribution in [3.05, 3.63) is 28.8 Å². The highest BCUT2D eigenvalue weighted by Crippen LogP contribution is 2.26. The fourth-order valence-electron chi connectivity index (χ4n) is 1.93. The van der Waals surface area contributed by atoms with Crippen LogP contribution in [0.5, 0.6) is 0 Å². The molecule has 0 aliphatic heterocycles. The minimum Gasteiger partial charge on any atom is -0.374 e. The Morgan fingerprint density at radius 2 is 2.00 bits per heavy atom. The zero-order valence-electron chi connectivity index (χ0n) is 11.1. The van der Waals surface area contributed by atoms with Gasteiger partial charge in [0, 0.05) is 36.4 Å². The molecular formula is C14H23ClN2. The van der Waals surface area contributed by atoms with E-state index in [4.69, 9.17) is 11.6 Å². The van der Waals surface area contributed by atoms with E-state index in [1.54, 1.807) is 0 Å². The smallest absolute Gasteiger partial charge is 0.0471 e. The van der Waals surface area contributed by atoms with Gasteiger partial charge in [0.1, 0.15) is 0 Å². The van der Waals surface area contributed by atoms with Crippen LogP contribution in [0.25, 0.3) is 0 Å². The third kappa shape index (κ3) is 4.21. The number of halogens is 1. The molecule has 3 heteroatoms. The molecule has 0 radical (unpaired) electrons. The van der Waals surface area contributed by atoms with Crippen molar-refractivity contribution in [1.29, 1.82) is 0 Å². The Bertz CT molecular complexity index is 339. The molecule has 0 fully saturated rings. The summed E-state index contributed by atoms with van der Waals surface area (Å²) in [6.07, 6.45) is 2.29. The van der Waals surface area contributed by atoms with Gasteiger partial charge in [0.2, 0.25) is 0 Å². The number of hydrogen-bond acceptors (Lipinski definition) is 2. The summed E-state index contributed by atoms with van der Waals surface area (Å²) in [6, 6.07) is 6.13. The molecule has 1 aromatic rings. The van der Waals surface area contributed by atoms with Crippen LogP contribution >= 0.6 is 11.6 Å². The number of nitrogens with one attached hydrogen (secondary N) is 1. The van der Waals surface area contributed by atoms with Gasteiger partial charge >= 0.3 is 0 Å². The van der Waals surface area contributed by atoms with E-state index in [-0.39, 0.29) is 0 Å². The lowest BCUT2D eigenvalue weighted by atomic mass is 10.1. The third-order valence-electron chi connectivity index (χ3n) is 2.79. The molecule has 0 saturated heterocycles. The fourth-order valence-corrected chi connectivity index (χ4v) is 2.16. The Balaban J connectivity index is 2.83. The van der Waals surface area contributed by atoms with Crippen LogP contribution in [0.1, 0.15) is 32.3 Å². The monoisotopic (exact) mass is 254 g/mol. The fraction of sp³-hybridized carbons (Fsp3) is 0.571.